The van der Waals surface area contributed by atoms with E-state index in [2.05, 4.69) is 17.3 Å². The third kappa shape index (κ3) is 5.73. The summed E-state index contributed by atoms with van der Waals surface area (Å²) in [6.07, 6.45) is 1.04. The van der Waals surface area contributed by atoms with Crippen LogP contribution in [0.2, 0.25) is 0 Å². The van der Waals surface area contributed by atoms with E-state index in [1.807, 2.05) is 31.2 Å². The number of hydrogen-bond donors (Lipinski definition) is 1. The molecule has 1 aromatic rings. The molecule has 1 fully saturated rings. The summed E-state index contributed by atoms with van der Waals surface area (Å²) in [5, 5.41) is 2.86. The van der Waals surface area contributed by atoms with Gasteiger partial charge in [-0.1, -0.05) is 17.7 Å². The summed E-state index contributed by atoms with van der Waals surface area (Å²) in [7, 11) is 2.09. The fraction of sp³-hybridized carbons (Fsp3) is 0.562. The summed E-state index contributed by atoms with van der Waals surface area (Å²) >= 11 is 0. The Bertz CT molecular complexity index is 447. The molecule has 1 saturated heterocycles. The number of benzene rings is 1. The van der Waals surface area contributed by atoms with Gasteiger partial charge in [-0.15, -0.1) is 0 Å². The molecule has 5 heteroatoms. The lowest BCUT2D eigenvalue weighted by Gasteiger charge is -2.30. The van der Waals surface area contributed by atoms with Crippen molar-refractivity contribution < 1.29 is 14.3 Å². The van der Waals surface area contributed by atoms with Crippen LogP contribution < -0.4 is 10.1 Å². The van der Waals surface area contributed by atoms with Crippen molar-refractivity contribution in [2.24, 2.45) is 0 Å². The number of ether oxygens (including phenoxy) is 2. The standard InChI is InChI=1S/C16H24N2O3/c1-13-3-5-14(6-4-13)21-12-16(19)17-8-7-15-11-18(2)9-10-20-15/h3-6,15H,7-12H2,1-2H3,(H,17,19). The van der Waals surface area contributed by atoms with Crippen LogP contribution in [-0.2, 0) is 9.53 Å². The van der Waals surface area contributed by atoms with Gasteiger partial charge in [0.15, 0.2) is 6.61 Å². The van der Waals surface area contributed by atoms with Crippen LogP contribution in [0, 0.1) is 6.92 Å². The molecule has 5 nitrogen and oxygen atoms in total. The molecule has 116 valence electrons. The molecule has 1 aliphatic heterocycles. The first-order chi connectivity index (χ1) is 10.1. The Hall–Kier alpha value is -1.59. The Morgan fingerprint density at radius 3 is 2.90 bits per heavy atom. The van der Waals surface area contributed by atoms with E-state index < -0.39 is 0 Å². The number of likely N-dealkylation sites (N-methyl/N-ethyl adjacent to an activating group) is 1. The van der Waals surface area contributed by atoms with Crippen LogP contribution in [0.1, 0.15) is 12.0 Å². The van der Waals surface area contributed by atoms with E-state index in [1.165, 1.54) is 5.56 Å². The van der Waals surface area contributed by atoms with Crippen molar-refractivity contribution in [3.05, 3.63) is 29.8 Å². The average Bonchev–Trinajstić information content (AvgIpc) is 2.47. The van der Waals surface area contributed by atoms with Crippen molar-refractivity contribution in [1.29, 1.82) is 0 Å². The summed E-state index contributed by atoms with van der Waals surface area (Å²) in [5.74, 6) is 0.618. The number of nitrogens with one attached hydrogen (secondary N) is 1. The van der Waals surface area contributed by atoms with Crippen LogP contribution >= 0.6 is 0 Å². The van der Waals surface area contributed by atoms with Crippen molar-refractivity contribution in [1.82, 2.24) is 10.2 Å². The van der Waals surface area contributed by atoms with E-state index in [-0.39, 0.29) is 18.6 Å². The summed E-state index contributed by atoms with van der Waals surface area (Å²) < 4.78 is 11.1. The Labute approximate surface area is 126 Å². The molecule has 1 atom stereocenters. The van der Waals surface area contributed by atoms with Crippen LogP contribution in [0.25, 0.3) is 0 Å². The molecule has 2 rings (SSSR count). The van der Waals surface area contributed by atoms with Gasteiger partial charge in [0.1, 0.15) is 5.75 Å². The SMILES string of the molecule is Cc1ccc(OCC(=O)NCCC2CN(C)CCO2)cc1. The molecule has 0 spiro atoms. The second kappa shape index (κ2) is 8.00. The van der Waals surface area contributed by atoms with Crippen LogP contribution in [0.5, 0.6) is 5.75 Å². The Morgan fingerprint density at radius 1 is 1.43 bits per heavy atom. The van der Waals surface area contributed by atoms with Gasteiger partial charge < -0.3 is 19.7 Å². The normalized spacial score (nSPS) is 19.2. The highest BCUT2D eigenvalue weighted by atomic mass is 16.5. The zero-order valence-corrected chi connectivity index (χ0v) is 12.8. The highest BCUT2D eigenvalue weighted by Crippen LogP contribution is 2.11. The molecule has 0 aliphatic carbocycles. The molecule has 1 heterocycles. The van der Waals surface area contributed by atoms with E-state index in [4.69, 9.17) is 9.47 Å². The molecule has 0 saturated carbocycles. The van der Waals surface area contributed by atoms with Crippen molar-refractivity contribution in [3.63, 3.8) is 0 Å². The van der Waals surface area contributed by atoms with Gasteiger partial charge in [0, 0.05) is 19.6 Å². The Kier molecular flexibility index (Phi) is 6.02. The molecule has 0 aromatic heterocycles. The Morgan fingerprint density at radius 2 is 2.19 bits per heavy atom. The number of morpholine rings is 1. The summed E-state index contributed by atoms with van der Waals surface area (Å²) in [4.78, 5) is 13.9. The van der Waals surface area contributed by atoms with Gasteiger partial charge in [-0.3, -0.25) is 4.79 Å². The van der Waals surface area contributed by atoms with Crippen molar-refractivity contribution in [2.75, 3.05) is 39.9 Å². The first-order valence-corrected chi connectivity index (χ1v) is 7.40. The minimum Gasteiger partial charge on any atom is -0.484 e. The molecule has 0 bridgehead atoms. The molecule has 1 unspecified atom stereocenters. The maximum atomic E-state index is 11.7. The van der Waals surface area contributed by atoms with Gasteiger partial charge in [-0.2, -0.15) is 0 Å². The van der Waals surface area contributed by atoms with Crippen LogP contribution in [-0.4, -0.2) is 56.8 Å². The van der Waals surface area contributed by atoms with Crippen LogP contribution in [0.3, 0.4) is 0 Å². The number of hydrogen-bond acceptors (Lipinski definition) is 4. The predicted molar refractivity (Wildman–Crippen MR) is 81.5 cm³/mol. The minimum absolute atomic E-state index is 0.0501. The second-order valence-corrected chi connectivity index (χ2v) is 5.50. The molecule has 1 aromatic carbocycles. The summed E-state index contributed by atoms with van der Waals surface area (Å²) in [6, 6.07) is 7.66. The van der Waals surface area contributed by atoms with Gasteiger partial charge >= 0.3 is 0 Å². The number of nitrogens with zero attached hydrogens (tertiary/aromatic N) is 1. The lowest BCUT2D eigenvalue weighted by molar-refractivity contribution is -0.123. The number of rotatable bonds is 6. The summed E-state index contributed by atoms with van der Waals surface area (Å²) in [5.41, 5.74) is 1.17. The van der Waals surface area contributed by atoms with E-state index >= 15 is 0 Å². The molecular formula is C16H24N2O3. The van der Waals surface area contributed by atoms with Crippen molar-refractivity contribution >= 4 is 5.91 Å². The predicted octanol–water partition coefficient (Wildman–Crippen LogP) is 1.21. The van der Waals surface area contributed by atoms with E-state index in [1.54, 1.807) is 0 Å². The monoisotopic (exact) mass is 292 g/mol. The van der Waals surface area contributed by atoms with Crippen LogP contribution in [0.4, 0.5) is 0 Å². The molecule has 21 heavy (non-hydrogen) atoms. The van der Waals surface area contributed by atoms with Gasteiger partial charge in [-0.05, 0) is 32.5 Å². The molecule has 1 amide bonds. The third-order valence-electron chi connectivity index (χ3n) is 3.52. The lowest BCUT2D eigenvalue weighted by atomic mass is 10.2. The summed E-state index contributed by atoms with van der Waals surface area (Å²) in [6.45, 7) is 5.36. The van der Waals surface area contributed by atoms with Gasteiger partial charge in [0.2, 0.25) is 0 Å². The first-order valence-electron chi connectivity index (χ1n) is 7.40. The zero-order chi connectivity index (χ0) is 15.1. The average molecular weight is 292 g/mol. The van der Waals surface area contributed by atoms with E-state index in [0.29, 0.717) is 12.3 Å². The first kappa shape index (κ1) is 15.8. The molecule has 1 aliphatic rings. The Balaban J connectivity index is 1.60. The van der Waals surface area contributed by atoms with Crippen LogP contribution in [0.15, 0.2) is 24.3 Å². The van der Waals surface area contributed by atoms with Gasteiger partial charge in [0.25, 0.3) is 5.91 Å². The van der Waals surface area contributed by atoms with E-state index in [9.17, 15) is 4.79 Å². The maximum absolute atomic E-state index is 11.7. The quantitative estimate of drug-likeness (QED) is 0.856. The second-order valence-electron chi connectivity index (χ2n) is 5.50. The van der Waals surface area contributed by atoms with Crippen molar-refractivity contribution in [3.8, 4) is 5.75 Å². The highest BCUT2D eigenvalue weighted by molar-refractivity contribution is 5.77. The van der Waals surface area contributed by atoms with Gasteiger partial charge in [0.05, 0.1) is 12.7 Å². The van der Waals surface area contributed by atoms with Crippen molar-refractivity contribution in [2.45, 2.75) is 19.4 Å². The smallest absolute Gasteiger partial charge is 0.257 e. The topological polar surface area (TPSA) is 50.8 Å². The highest BCUT2D eigenvalue weighted by Gasteiger charge is 2.17. The molecular weight excluding hydrogens is 268 g/mol. The number of carbonyl (C=O) groups excluding carboxylic acids is 1. The molecule has 1 N–H and O–H groups in total. The fourth-order valence-corrected chi connectivity index (χ4v) is 2.25. The molecule has 0 radical (unpaired) electrons. The number of carbonyl (C=O) groups is 1. The largest absolute Gasteiger partial charge is 0.484 e. The van der Waals surface area contributed by atoms with Gasteiger partial charge in [-0.25, -0.2) is 0 Å². The third-order valence-corrected chi connectivity index (χ3v) is 3.52. The minimum atomic E-state index is -0.0975. The van der Waals surface area contributed by atoms with E-state index in [0.717, 1.165) is 26.1 Å². The lowest BCUT2D eigenvalue weighted by Crippen LogP contribution is -2.42. The maximum Gasteiger partial charge on any atom is 0.257 e. The fourth-order valence-electron chi connectivity index (χ4n) is 2.25. The number of amides is 1. The number of aryl methyl sites for hydroxylation is 1. The zero-order valence-electron chi connectivity index (χ0n) is 12.8.